The molecule has 1 atom stereocenters. The van der Waals surface area contributed by atoms with Crippen LogP contribution in [0.3, 0.4) is 0 Å². The molecule has 6 heteroatoms. The molecule has 0 aliphatic heterocycles. The van der Waals surface area contributed by atoms with Gasteiger partial charge in [-0.25, -0.2) is 0 Å². The van der Waals surface area contributed by atoms with Gasteiger partial charge in [0.05, 0.1) is 7.11 Å². The van der Waals surface area contributed by atoms with Crippen LogP contribution in [0.4, 0.5) is 0 Å². The predicted molar refractivity (Wildman–Crippen MR) is 122 cm³/mol. The van der Waals surface area contributed by atoms with E-state index in [1.807, 2.05) is 70.2 Å². The Kier molecular flexibility index (Phi) is 9.38. The molecule has 0 spiro atoms. The van der Waals surface area contributed by atoms with Crippen LogP contribution in [0, 0.1) is 13.8 Å². The van der Waals surface area contributed by atoms with Gasteiger partial charge in [-0.2, -0.15) is 0 Å². The Labute approximate surface area is 185 Å². The second-order valence-electron chi connectivity index (χ2n) is 7.64. The molecule has 6 nitrogen and oxygen atoms in total. The zero-order valence-electron chi connectivity index (χ0n) is 19.2. The fourth-order valence-electron chi connectivity index (χ4n) is 3.40. The van der Waals surface area contributed by atoms with Crippen LogP contribution in [0.5, 0.6) is 11.5 Å². The minimum atomic E-state index is -0.566. The molecule has 1 N–H and O–H groups in total. The van der Waals surface area contributed by atoms with Gasteiger partial charge in [0.25, 0.3) is 5.91 Å². The van der Waals surface area contributed by atoms with E-state index in [0.29, 0.717) is 25.3 Å². The molecular weight excluding hydrogens is 392 g/mol. The van der Waals surface area contributed by atoms with Crippen molar-refractivity contribution in [3.05, 3.63) is 59.2 Å². The van der Waals surface area contributed by atoms with E-state index in [-0.39, 0.29) is 18.4 Å². The van der Waals surface area contributed by atoms with E-state index in [2.05, 4.69) is 5.32 Å². The smallest absolute Gasteiger partial charge is 0.261 e. The fraction of sp³-hybridized carbons (Fsp3) is 0.440. The van der Waals surface area contributed by atoms with Crippen LogP contribution in [0.2, 0.25) is 0 Å². The quantitative estimate of drug-likeness (QED) is 0.589. The summed E-state index contributed by atoms with van der Waals surface area (Å²) >= 11 is 0. The number of carbonyl (C=O) groups is 2. The largest absolute Gasteiger partial charge is 0.497 e. The Hall–Kier alpha value is -3.02. The molecule has 0 heterocycles. The third-order valence-electron chi connectivity index (χ3n) is 5.13. The summed E-state index contributed by atoms with van der Waals surface area (Å²) in [6.07, 6.45) is 1.35. The molecule has 0 aromatic heterocycles. The second kappa shape index (κ2) is 12.0. The Morgan fingerprint density at radius 2 is 1.77 bits per heavy atom. The van der Waals surface area contributed by atoms with Gasteiger partial charge in [-0.15, -0.1) is 0 Å². The molecule has 2 aromatic carbocycles. The Morgan fingerprint density at radius 3 is 2.35 bits per heavy atom. The maximum atomic E-state index is 13.2. The second-order valence-corrected chi connectivity index (χ2v) is 7.64. The van der Waals surface area contributed by atoms with E-state index in [4.69, 9.17) is 9.47 Å². The molecule has 31 heavy (non-hydrogen) atoms. The Morgan fingerprint density at radius 1 is 1.06 bits per heavy atom. The number of ether oxygens (including phenoxy) is 2. The van der Waals surface area contributed by atoms with E-state index in [1.165, 1.54) is 0 Å². The van der Waals surface area contributed by atoms with Crippen LogP contribution in [0.25, 0.3) is 0 Å². The lowest BCUT2D eigenvalue weighted by atomic mass is 10.1. The minimum Gasteiger partial charge on any atom is -0.497 e. The maximum absolute atomic E-state index is 13.2. The highest BCUT2D eigenvalue weighted by atomic mass is 16.5. The summed E-state index contributed by atoms with van der Waals surface area (Å²) in [6.45, 7) is 8.65. The van der Waals surface area contributed by atoms with E-state index in [9.17, 15) is 9.59 Å². The third kappa shape index (κ3) is 7.02. The summed E-state index contributed by atoms with van der Waals surface area (Å²) in [5.41, 5.74) is 3.03. The van der Waals surface area contributed by atoms with Crippen molar-refractivity contribution in [2.24, 2.45) is 0 Å². The molecule has 0 bridgehead atoms. The fourth-order valence-corrected chi connectivity index (χ4v) is 3.40. The Balaban J connectivity index is 2.20. The zero-order chi connectivity index (χ0) is 22.8. The van der Waals surface area contributed by atoms with Gasteiger partial charge in [-0.3, -0.25) is 9.59 Å². The number of rotatable bonds is 11. The van der Waals surface area contributed by atoms with Crippen molar-refractivity contribution in [1.82, 2.24) is 10.2 Å². The van der Waals surface area contributed by atoms with Gasteiger partial charge in [0.2, 0.25) is 5.91 Å². The van der Waals surface area contributed by atoms with Crippen LogP contribution in [-0.2, 0) is 16.1 Å². The van der Waals surface area contributed by atoms with Crippen LogP contribution in [0.15, 0.2) is 42.5 Å². The summed E-state index contributed by atoms with van der Waals surface area (Å²) in [4.78, 5) is 27.6. The lowest BCUT2D eigenvalue weighted by Gasteiger charge is -2.30. The topological polar surface area (TPSA) is 67.9 Å². The van der Waals surface area contributed by atoms with Crippen LogP contribution >= 0.6 is 0 Å². The van der Waals surface area contributed by atoms with Crippen LogP contribution in [-0.4, -0.2) is 43.0 Å². The normalized spacial score (nSPS) is 11.5. The van der Waals surface area contributed by atoms with Crippen molar-refractivity contribution in [1.29, 1.82) is 0 Å². The Bertz CT molecular complexity index is 864. The predicted octanol–water partition coefficient (Wildman–Crippen LogP) is 4.02. The molecule has 2 amide bonds. The maximum Gasteiger partial charge on any atom is 0.261 e. The molecule has 2 rings (SSSR count). The zero-order valence-corrected chi connectivity index (χ0v) is 19.2. The number of nitrogens with one attached hydrogen (secondary N) is 1. The lowest BCUT2D eigenvalue weighted by molar-refractivity contribution is -0.143. The molecule has 2 aromatic rings. The molecule has 168 valence electrons. The van der Waals surface area contributed by atoms with Crippen molar-refractivity contribution in [3.8, 4) is 11.5 Å². The van der Waals surface area contributed by atoms with Crippen LogP contribution < -0.4 is 14.8 Å². The number of carbonyl (C=O) groups excluding carboxylic acids is 2. The van der Waals surface area contributed by atoms with Gasteiger partial charge in [0.15, 0.2) is 6.61 Å². The van der Waals surface area contributed by atoms with Crippen LogP contribution in [0.1, 0.15) is 43.4 Å². The van der Waals surface area contributed by atoms with Gasteiger partial charge in [0.1, 0.15) is 17.5 Å². The van der Waals surface area contributed by atoms with Gasteiger partial charge in [-0.05, 0) is 56.0 Å². The van der Waals surface area contributed by atoms with Crippen molar-refractivity contribution in [2.45, 2.75) is 53.1 Å². The molecule has 0 aliphatic carbocycles. The number of hydrogen-bond acceptors (Lipinski definition) is 4. The average molecular weight is 427 g/mol. The number of amides is 2. The number of hydrogen-bond donors (Lipinski definition) is 1. The highest BCUT2D eigenvalue weighted by molar-refractivity contribution is 5.88. The van der Waals surface area contributed by atoms with Crippen molar-refractivity contribution in [3.63, 3.8) is 0 Å². The monoisotopic (exact) mass is 426 g/mol. The van der Waals surface area contributed by atoms with Gasteiger partial charge in [-0.1, -0.05) is 43.7 Å². The first-order valence-corrected chi connectivity index (χ1v) is 10.8. The number of nitrogens with zero attached hydrogens (tertiary/aromatic N) is 1. The first-order valence-electron chi connectivity index (χ1n) is 10.8. The number of methoxy groups -OCH3 is 1. The van der Waals surface area contributed by atoms with Crippen molar-refractivity contribution in [2.75, 3.05) is 20.3 Å². The standard InChI is InChI=1S/C25H34N2O4/c1-6-14-26-25(29)22(7-2)27(16-20-9-11-21(30-5)12-10-20)24(28)17-31-23-13-8-18(3)15-19(23)4/h8-13,15,22H,6-7,14,16-17H2,1-5H3,(H,26,29)/t22-/m0/s1. The summed E-state index contributed by atoms with van der Waals surface area (Å²) in [6, 6.07) is 12.8. The molecular formula is C25H34N2O4. The van der Waals surface area contributed by atoms with E-state index >= 15 is 0 Å². The average Bonchev–Trinajstić information content (AvgIpc) is 2.77. The van der Waals surface area contributed by atoms with Crippen molar-refractivity contribution < 1.29 is 19.1 Å². The summed E-state index contributed by atoms with van der Waals surface area (Å²) in [5.74, 6) is 1.05. The van der Waals surface area contributed by atoms with Gasteiger partial charge < -0.3 is 19.7 Å². The molecule has 0 unspecified atom stereocenters. The molecule has 0 saturated carbocycles. The SMILES string of the molecule is CCCNC(=O)[C@H](CC)N(Cc1ccc(OC)cc1)C(=O)COc1ccc(C)cc1C. The third-order valence-corrected chi connectivity index (χ3v) is 5.13. The summed E-state index contributed by atoms with van der Waals surface area (Å²) in [7, 11) is 1.61. The summed E-state index contributed by atoms with van der Waals surface area (Å²) < 4.78 is 11.0. The van der Waals surface area contributed by atoms with E-state index < -0.39 is 6.04 Å². The first kappa shape index (κ1) is 24.3. The molecule has 0 saturated heterocycles. The van der Waals surface area contributed by atoms with E-state index in [0.717, 1.165) is 28.9 Å². The van der Waals surface area contributed by atoms with Gasteiger partial charge >= 0.3 is 0 Å². The number of benzene rings is 2. The highest BCUT2D eigenvalue weighted by Crippen LogP contribution is 2.20. The number of aryl methyl sites for hydroxylation is 2. The van der Waals surface area contributed by atoms with Crippen molar-refractivity contribution >= 4 is 11.8 Å². The first-order chi connectivity index (χ1) is 14.9. The molecule has 0 fully saturated rings. The minimum absolute atomic E-state index is 0.127. The van der Waals surface area contributed by atoms with Gasteiger partial charge in [0, 0.05) is 13.1 Å². The summed E-state index contributed by atoms with van der Waals surface area (Å²) in [5, 5.41) is 2.92. The molecule has 0 aliphatic rings. The lowest BCUT2D eigenvalue weighted by Crippen LogP contribution is -2.50. The molecule has 0 radical (unpaired) electrons. The highest BCUT2D eigenvalue weighted by Gasteiger charge is 2.28. The van der Waals surface area contributed by atoms with E-state index in [1.54, 1.807) is 12.0 Å².